The number of fused-ring (bicyclic) bond motifs is 2. The smallest absolute Gasteiger partial charge is 0.295 e. The number of nitrogens with zero attached hydrogens (tertiary/aromatic N) is 4. The van der Waals surface area contributed by atoms with Gasteiger partial charge in [-0.3, -0.25) is 4.55 Å². The molecule has 0 saturated carbocycles. The highest BCUT2D eigenvalue weighted by Crippen LogP contribution is 2.38. The molecule has 0 radical (unpaired) electrons. The number of rotatable bonds is 6. The van der Waals surface area contributed by atoms with E-state index in [-0.39, 0.29) is 16.3 Å². The number of nitrogens with two attached hydrogens (primary N) is 2. The molecule has 0 aromatic heterocycles. The second-order valence-corrected chi connectivity index (χ2v) is 11.8. The third-order valence-corrected chi connectivity index (χ3v) is 8.40. The van der Waals surface area contributed by atoms with Crippen molar-refractivity contribution >= 4 is 65.8 Å². The van der Waals surface area contributed by atoms with Crippen molar-refractivity contribution in [2.75, 3.05) is 11.5 Å². The second-order valence-electron chi connectivity index (χ2n) is 10.5. The summed E-state index contributed by atoms with van der Waals surface area (Å²) in [7, 11) is -4.51. The summed E-state index contributed by atoms with van der Waals surface area (Å²) >= 11 is 0. The highest BCUT2D eigenvalue weighted by Gasteiger charge is 2.18. The molecule has 0 spiro atoms. The van der Waals surface area contributed by atoms with Gasteiger partial charge in [0.05, 0.1) is 22.7 Å². The summed E-state index contributed by atoms with van der Waals surface area (Å²) in [6.45, 7) is 3.89. The number of azo groups is 2. The Morgan fingerprint density at radius 3 is 1.61 bits per heavy atom. The lowest BCUT2D eigenvalue weighted by atomic mass is 10.0. The first-order chi connectivity index (χ1) is 21.1. The summed E-state index contributed by atoms with van der Waals surface area (Å²) in [5.74, 6) is 0. The first kappa shape index (κ1) is 28.7. The molecule has 0 bridgehead atoms. The molecule has 6 aromatic carbocycles. The molecule has 6 rings (SSSR count). The summed E-state index contributed by atoms with van der Waals surface area (Å²) in [6, 6.07) is 31.3. The highest BCUT2D eigenvalue weighted by molar-refractivity contribution is 7.86. The lowest BCUT2D eigenvalue weighted by Crippen LogP contribution is -2.01. The van der Waals surface area contributed by atoms with Crippen LogP contribution in [0, 0.1) is 13.8 Å². The number of nitrogen functional groups attached to an aromatic ring is 2. The Morgan fingerprint density at radius 2 is 1.02 bits per heavy atom. The molecule has 218 valence electrons. The monoisotopic (exact) mass is 600 g/mol. The Kier molecular flexibility index (Phi) is 7.38. The lowest BCUT2D eigenvalue weighted by Gasteiger charge is -2.10. The van der Waals surface area contributed by atoms with Gasteiger partial charge in [0, 0.05) is 16.2 Å². The van der Waals surface area contributed by atoms with Crippen LogP contribution in [0.1, 0.15) is 11.1 Å². The third-order valence-electron chi connectivity index (χ3n) is 7.51. The van der Waals surface area contributed by atoms with Crippen LogP contribution in [0.5, 0.6) is 0 Å². The minimum absolute atomic E-state index is 0.144. The molecule has 0 amide bonds. The van der Waals surface area contributed by atoms with E-state index in [0.717, 1.165) is 38.7 Å². The van der Waals surface area contributed by atoms with Gasteiger partial charge in [0.15, 0.2) is 0 Å². The largest absolute Gasteiger partial charge is 0.396 e. The molecule has 44 heavy (non-hydrogen) atoms. The zero-order chi connectivity index (χ0) is 31.0. The first-order valence-corrected chi connectivity index (χ1v) is 15.2. The summed E-state index contributed by atoms with van der Waals surface area (Å²) < 4.78 is 33.9. The molecule has 5 N–H and O–H groups in total. The van der Waals surface area contributed by atoms with Crippen LogP contribution in [0.2, 0.25) is 0 Å². The van der Waals surface area contributed by atoms with Crippen molar-refractivity contribution < 1.29 is 13.0 Å². The molecular weight excluding hydrogens is 572 g/mol. The molecule has 0 fully saturated rings. The van der Waals surface area contributed by atoms with E-state index in [0.29, 0.717) is 27.8 Å². The van der Waals surface area contributed by atoms with Crippen molar-refractivity contribution in [3.05, 3.63) is 114 Å². The van der Waals surface area contributed by atoms with Gasteiger partial charge in [-0.25, -0.2) is 0 Å². The van der Waals surface area contributed by atoms with Gasteiger partial charge in [-0.1, -0.05) is 66.7 Å². The second kappa shape index (κ2) is 11.3. The topological polar surface area (TPSA) is 156 Å². The van der Waals surface area contributed by atoms with Crippen LogP contribution in [0.25, 0.3) is 32.7 Å². The molecule has 0 aliphatic carbocycles. The average molecular weight is 601 g/mol. The van der Waals surface area contributed by atoms with Gasteiger partial charge in [-0.2, -0.15) is 18.6 Å². The number of hydrogen-bond donors (Lipinski definition) is 3. The molecule has 6 aromatic rings. The van der Waals surface area contributed by atoms with Crippen LogP contribution in [0.15, 0.2) is 128 Å². The van der Waals surface area contributed by atoms with Crippen molar-refractivity contribution in [1.82, 2.24) is 0 Å². The Balaban J connectivity index is 1.26. The van der Waals surface area contributed by atoms with Gasteiger partial charge < -0.3 is 11.5 Å². The van der Waals surface area contributed by atoms with Crippen molar-refractivity contribution in [2.45, 2.75) is 18.7 Å². The number of benzene rings is 6. The molecule has 10 heteroatoms. The lowest BCUT2D eigenvalue weighted by molar-refractivity contribution is 0.484. The summed E-state index contributed by atoms with van der Waals surface area (Å²) in [5.41, 5.74) is 19.4. The third kappa shape index (κ3) is 5.51. The zero-order valence-electron chi connectivity index (χ0n) is 23.9. The van der Waals surface area contributed by atoms with Crippen LogP contribution in [0.4, 0.5) is 34.1 Å². The standard InChI is InChI=1S/C34H28N6O3S/c1-20-17-23(12-14-28(20)37-39-30-16-11-22-7-3-4-8-25(22)33(30)35)24-13-15-29(21(2)18-24)38-40-31-19-32(44(41,42)43)26-9-5-6-10-27(26)34(31)36/h3-19H,35-36H2,1-2H3,(H,41,42,43). The van der Waals surface area contributed by atoms with E-state index in [9.17, 15) is 13.0 Å². The van der Waals surface area contributed by atoms with Gasteiger partial charge in [0.2, 0.25) is 0 Å². The maximum atomic E-state index is 12.0. The van der Waals surface area contributed by atoms with Gasteiger partial charge in [-0.15, -0.1) is 10.2 Å². The van der Waals surface area contributed by atoms with Gasteiger partial charge in [-0.05, 0) is 77.9 Å². The molecule has 0 heterocycles. The summed E-state index contributed by atoms with van der Waals surface area (Å²) in [6.07, 6.45) is 0. The van der Waals surface area contributed by atoms with Crippen LogP contribution in [0.3, 0.4) is 0 Å². The first-order valence-electron chi connectivity index (χ1n) is 13.7. The SMILES string of the molecule is Cc1cc(-c2ccc(N=Nc3cc(S(=O)(=O)O)c4ccccc4c3N)c(C)c2)ccc1N=Nc1ccc2ccccc2c1N. The van der Waals surface area contributed by atoms with Crippen molar-refractivity contribution in [3.8, 4) is 11.1 Å². The Morgan fingerprint density at radius 1 is 0.545 bits per heavy atom. The summed E-state index contributed by atoms with van der Waals surface area (Å²) in [5, 5.41) is 20.2. The minimum atomic E-state index is -4.51. The van der Waals surface area contributed by atoms with Crippen molar-refractivity contribution in [1.29, 1.82) is 0 Å². The zero-order valence-corrected chi connectivity index (χ0v) is 24.7. The minimum Gasteiger partial charge on any atom is -0.396 e. The molecule has 0 aliphatic heterocycles. The molecule has 0 aliphatic rings. The molecular formula is C34H28N6O3S. The van der Waals surface area contributed by atoms with E-state index in [1.807, 2.05) is 86.6 Å². The Labute approximate surface area is 254 Å². The van der Waals surface area contributed by atoms with Crippen LogP contribution in [-0.4, -0.2) is 13.0 Å². The normalized spacial score (nSPS) is 12.2. The predicted molar refractivity (Wildman–Crippen MR) is 176 cm³/mol. The average Bonchev–Trinajstić information content (AvgIpc) is 3.01. The fourth-order valence-corrected chi connectivity index (χ4v) is 5.84. The van der Waals surface area contributed by atoms with Gasteiger partial charge >= 0.3 is 0 Å². The summed E-state index contributed by atoms with van der Waals surface area (Å²) in [4.78, 5) is -0.276. The maximum absolute atomic E-state index is 12.0. The van der Waals surface area contributed by atoms with E-state index in [1.165, 1.54) is 6.07 Å². The van der Waals surface area contributed by atoms with Crippen LogP contribution >= 0.6 is 0 Å². The molecule has 0 saturated heterocycles. The molecule has 0 unspecified atom stereocenters. The maximum Gasteiger partial charge on any atom is 0.295 e. The van der Waals surface area contributed by atoms with Crippen LogP contribution < -0.4 is 11.5 Å². The Hall–Kier alpha value is -5.45. The van der Waals surface area contributed by atoms with E-state index < -0.39 is 10.1 Å². The van der Waals surface area contributed by atoms with E-state index in [4.69, 9.17) is 11.5 Å². The van der Waals surface area contributed by atoms with Crippen molar-refractivity contribution in [3.63, 3.8) is 0 Å². The Bertz CT molecular complexity index is 2260. The number of aryl methyl sites for hydroxylation is 2. The molecule has 0 atom stereocenters. The fraction of sp³-hybridized carbons (Fsp3) is 0.0588. The van der Waals surface area contributed by atoms with Crippen LogP contribution in [-0.2, 0) is 10.1 Å². The molecule has 9 nitrogen and oxygen atoms in total. The highest BCUT2D eigenvalue weighted by atomic mass is 32.2. The fourth-order valence-electron chi connectivity index (χ4n) is 5.13. The van der Waals surface area contributed by atoms with Crippen molar-refractivity contribution in [2.24, 2.45) is 20.5 Å². The van der Waals surface area contributed by atoms with E-state index >= 15 is 0 Å². The van der Waals surface area contributed by atoms with Gasteiger partial charge in [0.1, 0.15) is 16.3 Å². The number of hydrogen-bond acceptors (Lipinski definition) is 8. The van der Waals surface area contributed by atoms with E-state index in [2.05, 4.69) is 20.5 Å². The van der Waals surface area contributed by atoms with E-state index in [1.54, 1.807) is 24.3 Å². The quantitative estimate of drug-likeness (QED) is 0.0985. The predicted octanol–water partition coefficient (Wildman–Crippen LogP) is 9.52. The number of anilines is 2. The van der Waals surface area contributed by atoms with Gasteiger partial charge in [0.25, 0.3) is 10.1 Å².